The number of carbonyl (C=O) groups is 1. The van der Waals surface area contributed by atoms with Crippen LogP contribution in [0.15, 0.2) is 77.7 Å². The highest BCUT2D eigenvalue weighted by molar-refractivity contribution is 7.89. The van der Waals surface area contributed by atoms with E-state index in [1.807, 2.05) is 19.1 Å². The maximum Gasteiger partial charge on any atom is 0.247 e. The number of benzene rings is 3. The first-order chi connectivity index (χ1) is 15.0. The number of hydrogen-bond acceptors (Lipinski definition) is 6. The zero-order chi connectivity index (χ0) is 21.8. The molecule has 7 nitrogen and oxygen atoms in total. The fourth-order valence-electron chi connectivity index (χ4n) is 3.17. The van der Waals surface area contributed by atoms with Crippen molar-refractivity contribution in [1.29, 1.82) is 0 Å². The number of hydrogen-bond donors (Lipinski definition) is 2. The first kappa shape index (κ1) is 21.1. The third-order valence-electron chi connectivity index (χ3n) is 4.84. The molecule has 0 saturated heterocycles. The molecule has 1 aromatic heterocycles. The number of carbonyl (C=O) groups excluding carboxylic acids is 1. The lowest BCUT2D eigenvalue weighted by molar-refractivity contribution is -0.117. The van der Waals surface area contributed by atoms with Crippen molar-refractivity contribution in [3.8, 4) is 0 Å². The molecule has 9 heteroatoms. The summed E-state index contributed by atoms with van der Waals surface area (Å²) in [5, 5.41) is 2.81. The standard InChI is InChI=1S/C22H20N4O3S2/c1-2-15-11-13-17(14-12-15)23-22(27)20(16-7-4-3-5-8-16)26-31(28,29)19-10-6-9-18-21(19)25-30-24-18/h3-14,20,26H,2H2,1H3,(H,23,27). The summed E-state index contributed by atoms with van der Waals surface area (Å²) in [6, 6.07) is 19.8. The smallest absolute Gasteiger partial charge is 0.247 e. The van der Waals surface area contributed by atoms with Crippen LogP contribution in [0.5, 0.6) is 0 Å². The van der Waals surface area contributed by atoms with Crippen LogP contribution in [0.3, 0.4) is 0 Å². The van der Waals surface area contributed by atoms with Crippen LogP contribution in [-0.4, -0.2) is 23.1 Å². The van der Waals surface area contributed by atoms with Gasteiger partial charge in [-0.15, -0.1) is 0 Å². The number of aryl methyl sites for hydroxylation is 1. The topological polar surface area (TPSA) is 101 Å². The average Bonchev–Trinajstić information content (AvgIpc) is 3.27. The van der Waals surface area contributed by atoms with Gasteiger partial charge in [0.15, 0.2) is 0 Å². The highest BCUT2D eigenvalue weighted by Gasteiger charge is 2.29. The monoisotopic (exact) mass is 452 g/mol. The van der Waals surface area contributed by atoms with Gasteiger partial charge in [0, 0.05) is 5.69 Å². The lowest BCUT2D eigenvalue weighted by atomic mass is 10.1. The van der Waals surface area contributed by atoms with Crippen LogP contribution in [0.2, 0.25) is 0 Å². The molecule has 158 valence electrons. The minimum absolute atomic E-state index is 0.0141. The molecule has 0 aliphatic heterocycles. The van der Waals surface area contributed by atoms with E-state index in [0.717, 1.165) is 23.7 Å². The van der Waals surface area contributed by atoms with E-state index in [1.54, 1.807) is 54.6 Å². The minimum Gasteiger partial charge on any atom is -0.324 e. The highest BCUT2D eigenvalue weighted by atomic mass is 32.2. The molecule has 1 unspecified atom stereocenters. The van der Waals surface area contributed by atoms with Gasteiger partial charge in [-0.3, -0.25) is 4.79 Å². The Balaban J connectivity index is 1.66. The maximum absolute atomic E-state index is 13.2. The van der Waals surface area contributed by atoms with E-state index in [2.05, 4.69) is 18.8 Å². The van der Waals surface area contributed by atoms with E-state index in [4.69, 9.17) is 0 Å². The number of aromatic nitrogens is 2. The summed E-state index contributed by atoms with van der Waals surface area (Å²) in [5.74, 6) is -0.484. The van der Waals surface area contributed by atoms with Crippen molar-refractivity contribution < 1.29 is 13.2 Å². The van der Waals surface area contributed by atoms with Crippen molar-refractivity contribution in [2.45, 2.75) is 24.3 Å². The Labute approximate surface area is 184 Å². The van der Waals surface area contributed by atoms with Gasteiger partial charge in [0.1, 0.15) is 22.0 Å². The molecule has 0 aliphatic carbocycles. The molecule has 0 fully saturated rings. The quantitative estimate of drug-likeness (QED) is 0.443. The molecule has 0 aliphatic rings. The van der Waals surface area contributed by atoms with Gasteiger partial charge in [-0.1, -0.05) is 55.5 Å². The van der Waals surface area contributed by atoms with Gasteiger partial charge in [-0.05, 0) is 41.8 Å². The Morgan fingerprint density at radius 3 is 2.42 bits per heavy atom. The molecule has 1 atom stereocenters. The molecule has 2 N–H and O–H groups in total. The Morgan fingerprint density at radius 2 is 1.71 bits per heavy atom. The number of nitrogens with one attached hydrogen (secondary N) is 2. The van der Waals surface area contributed by atoms with E-state index in [0.29, 0.717) is 16.8 Å². The lowest BCUT2D eigenvalue weighted by Gasteiger charge is -2.19. The van der Waals surface area contributed by atoms with Gasteiger partial charge in [0.25, 0.3) is 0 Å². The van der Waals surface area contributed by atoms with Gasteiger partial charge in [0.05, 0.1) is 11.7 Å². The SMILES string of the molecule is CCc1ccc(NC(=O)C(NS(=O)(=O)c2cccc3nsnc23)c2ccccc2)cc1. The molecule has 0 spiro atoms. The summed E-state index contributed by atoms with van der Waals surface area (Å²) in [5.41, 5.74) is 3.03. The van der Waals surface area contributed by atoms with Crippen molar-refractivity contribution in [3.63, 3.8) is 0 Å². The zero-order valence-electron chi connectivity index (χ0n) is 16.6. The third kappa shape index (κ3) is 4.63. The molecule has 0 saturated carbocycles. The Bertz CT molecular complexity index is 1300. The largest absolute Gasteiger partial charge is 0.324 e. The fraction of sp³-hybridized carbons (Fsp3) is 0.136. The first-order valence-electron chi connectivity index (χ1n) is 9.66. The van der Waals surface area contributed by atoms with Gasteiger partial charge in [0.2, 0.25) is 15.9 Å². The molecule has 0 radical (unpaired) electrons. The number of fused-ring (bicyclic) bond motifs is 1. The molecular formula is C22H20N4O3S2. The fourth-order valence-corrected chi connectivity index (χ4v) is 5.12. The normalized spacial score (nSPS) is 12.5. The van der Waals surface area contributed by atoms with Crippen LogP contribution < -0.4 is 10.0 Å². The van der Waals surface area contributed by atoms with Crippen LogP contribution in [-0.2, 0) is 21.2 Å². The van der Waals surface area contributed by atoms with E-state index in [1.165, 1.54) is 6.07 Å². The van der Waals surface area contributed by atoms with E-state index < -0.39 is 22.0 Å². The number of rotatable bonds is 7. The molecule has 1 amide bonds. The van der Waals surface area contributed by atoms with E-state index >= 15 is 0 Å². The van der Waals surface area contributed by atoms with Gasteiger partial charge >= 0.3 is 0 Å². The predicted octanol–water partition coefficient (Wildman–Crippen LogP) is 3.91. The number of anilines is 1. The van der Waals surface area contributed by atoms with E-state index in [-0.39, 0.29) is 10.4 Å². The zero-order valence-corrected chi connectivity index (χ0v) is 18.3. The summed E-state index contributed by atoms with van der Waals surface area (Å²) in [4.78, 5) is 13.1. The molecular weight excluding hydrogens is 432 g/mol. The Morgan fingerprint density at radius 1 is 0.968 bits per heavy atom. The summed E-state index contributed by atoms with van der Waals surface area (Å²) < 4.78 is 37.2. The summed E-state index contributed by atoms with van der Waals surface area (Å²) in [6.45, 7) is 2.05. The highest BCUT2D eigenvalue weighted by Crippen LogP contribution is 2.24. The maximum atomic E-state index is 13.2. The Kier molecular flexibility index (Phi) is 6.08. The number of amides is 1. The summed E-state index contributed by atoms with van der Waals surface area (Å²) in [7, 11) is -4.06. The van der Waals surface area contributed by atoms with Crippen LogP contribution in [0.4, 0.5) is 5.69 Å². The van der Waals surface area contributed by atoms with Crippen LogP contribution in [0, 0.1) is 0 Å². The second kappa shape index (κ2) is 8.93. The number of nitrogens with zero attached hydrogens (tertiary/aromatic N) is 2. The Hall–Kier alpha value is -3.14. The van der Waals surface area contributed by atoms with Gasteiger partial charge in [-0.2, -0.15) is 13.5 Å². The van der Waals surface area contributed by atoms with Crippen molar-refractivity contribution in [3.05, 3.63) is 83.9 Å². The summed E-state index contributed by atoms with van der Waals surface area (Å²) >= 11 is 0.938. The number of sulfonamides is 1. The first-order valence-corrected chi connectivity index (χ1v) is 11.9. The lowest BCUT2D eigenvalue weighted by Crippen LogP contribution is -2.37. The second-order valence-corrected chi connectivity index (χ2v) is 9.10. The van der Waals surface area contributed by atoms with Gasteiger partial charge < -0.3 is 5.32 Å². The second-order valence-electron chi connectivity index (χ2n) is 6.89. The molecule has 1 heterocycles. The third-order valence-corrected chi connectivity index (χ3v) is 6.83. The van der Waals surface area contributed by atoms with Crippen LogP contribution in [0.25, 0.3) is 11.0 Å². The molecule has 0 bridgehead atoms. The van der Waals surface area contributed by atoms with Crippen molar-refractivity contribution in [2.75, 3.05) is 5.32 Å². The van der Waals surface area contributed by atoms with Crippen molar-refractivity contribution in [1.82, 2.24) is 13.5 Å². The summed E-state index contributed by atoms with van der Waals surface area (Å²) in [6.07, 6.45) is 0.887. The van der Waals surface area contributed by atoms with Crippen molar-refractivity contribution >= 4 is 44.4 Å². The van der Waals surface area contributed by atoms with Crippen LogP contribution in [0.1, 0.15) is 24.1 Å². The molecule has 4 rings (SSSR count). The molecule has 3 aromatic carbocycles. The molecule has 4 aromatic rings. The van der Waals surface area contributed by atoms with Gasteiger partial charge in [-0.25, -0.2) is 8.42 Å². The van der Waals surface area contributed by atoms with Crippen molar-refractivity contribution in [2.24, 2.45) is 0 Å². The predicted molar refractivity (Wildman–Crippen MR) is 121 cm³/mol. The molecule has 31 heavy (non-hydrogen) atoms. The average molecular weight is 453 g/mol. The minimum atomic E-state index is -4.06. The van der Waals surface area contributed by atoms with Crippen LogP contribution >= 0.6 is 11.7 Å². The van der Waals surface area contributed by atoms with E-state index in [9.17, 15) is 13.2 Å².